The molecule has 0 saturated heterocycles. The molecule has 29 heavy (non-hydrogen) atoms. The van der Waals surface area contributed by atoms with Crippen LogP contribution >= 0.6 is 0 Å². The van der Waals surface area contributed by atoms with E-state index in [4.69, 9.17) is 14.0 Å². The summed E-state index contributed by atoms with van der Waals surface area (Å²) in [6.45, 7) is 5.73. The van der Waals surface area contributed by atoms with Crippen LogP contribution in [0.3, 0.4) is 0 Å². The first-order valence-electron chi connectivity index (χ1n) is 9.15. The van der Waals surface area contributed by atoms with Crippen LogP contribution in [0.15, 0.2) is 64.6 Å². The number of ether oxygens (including phenoxy) is 1. The Balaban J connectivity index is 1.93. The highest BCUT2D eigenvalue weighted by molar-refractivity contribution is 5.94. The summed E-state index contributed by atoms with van der Waals surface area (Å²) in [5, 5.41) is 5.51. The Morgan fingerprint density at radius 2 is 2.00 bits per heavy atom. The molecule has 0 radical (unpaired) electrons. The van der Waals surface area contributed by atoms with E-state index in [1.54, 1.807) is 30.6 Å². The fourth-order valence-corrected chi connectivity index (χ4v) is 2.87. The van der Waals surface area contributed by atoms with E-state index in [0.717, 1.165) is 5.52 Å². The zero-order valence-electron chi connectivity index (χ0n) is 16.7. The van der Waals surface area contributed by atoms with Crippen molar-refractivity contribution in [3.8, 4) is 11.5 Å². The van der Waals surface area contributed by atoms with Crippen LogP contribution in [0.5, 0.6) is 0 Å². The van der Waals surface area contributed by atoms with Gasteiger partial charge in [-0.2, -0.15) is 0 Å². The normalized spacial score (nSPS) is 12.5. The van der Waals surface area contributed by atoms with Gasteiger partial charge in [0.05, 0.1) is 19.0 Å². The molecule has 0 bridgehead atoms. The summed E-state index contributed by atoms with van der Waals surface area (Å²) < 4.78 is 12.8. The molecule has 1 aromatic carbocycles. The molecule has 7 nitrogen and oxygen atoms in total. The van der Waals surface area contributed by atoms with Crippen molar-refractivity contribution in [3.05, 3.63) is 65.9 Å². The lowest BCUT2D eigenvalue weighted by Crippen LogP contribution is -2.18. The van der Waals surface area contributed by atoms with Crippen LogP contribution in [-0.2, 0) is 9.57 Å². The standard InChI is InChI=1S/C22H21N3O4/c1-22(2,3)29-24-17-12-20(18-11-15-6-5-9-25(15)13-23-18)28-19-8-7-14(10-16(17)19)21(26)27-4/h5-13H,1-4H3/b24-17-. The maximum Gasteiger partial charge on any atom is 0.337 e. The van der Waals surface area contributed by atoms with Crippen molar-refractivity contribution in [2.45, 2.75) is 26.4 Å². The van der Waals surface area contributed by atoms with E-state index in [9.17, 15) is 4.79 Å². The molecule has 0 amide bonds. The molecule has 4 aromatic rings. The number of carbonyl (C=O) groups excluding carboxylic acids is 1. The van der Waals surface area contributed by atoms with E-state index in [2.05, 4.69) is 10.1 Å². The Kier molecular flexibility index (Phi) is 4.58. The largest absolute Gasteiger partial charge is 0.465 e. The number of fused-ring (bicyclic) bond motifs is 2. The van der Waals surface area contributed by atoms with E-state index in [1.807, 2.05) is 49.6 Å². The average Bonchev–Trinajstić information content (AvgIpc) is 3.18. The minimum Gasteiger partial charge on any atom is -0.465 e. The first-order chi connectivity index (χ1) is 13.8. The summed E-state index contributed by atoms with van der Waals surface area (Å²) in [6, 6.07) is 12.7. The second-order valence-corrected chi connectivity index (χ2v) is 7.61. The molecule has 148 valence electrons. The lowest BCUT2D eigenvalue weighted by molar-refractivity contribution is -0.00586. The van der Waals surface area contributed by atoms with Crippen LogP contribution in [0.4, 0.5) is 0 Å². The van der Waals surface area contributed by atoms with Crippen molar-refractivity contribution in [1.82, 2.24) is 9.38 Å². The number of nitrogens with zero attached hydrogens (tertiary/aromatic N) is 3. The predicted molar refractivity (Wildman–Crippen MR) is 108 cm³/mol. The Bertz CT molecular complexity index is 1280. The number of hydrogen-bond donors (Lipinski definition) is 0. The fourth-order valence-electron chi connectivity index (χ4n) is 2.87. The van der Waals surface area contributed by atoms with Crippen molar-refractivity contribution in [3.63, 3.8) is 0 Å². The predicted octanol–water partition coefficient (Wildman–Crippen LogP) is 4.16. The second-order valence-electron chi connectivity index (χ2n) is 7.61. The number of hydrogen-bond acceptors (Lipinski definition) is 6. The first kappa shape index (κ1) is 18.7. The third-order valence-corrected chi connectivity index (χ3v) is 4.25. The third-order valence-electron chi connectivity index (χ3n) is 4.25. The van der Waals surface area contributed by atoms with Gasteiger partial charge < -0.3 is 18.4 Å². The molecule has 0 aliphatic carbocycles. The summed E-state index contributed by atoms with van der Waals surface area (Å²) in [5.41, 5.74) is 2.16. The minimum atomic E-state index is -0.470. The number of rotatable bonds is 3. The highest BCUT2D eigenvalue weighted by Gasteiger charge is 2.14. The minimum absolute atomic E-state index is 0.405. The number of aromatic nitrogens is 2. The molecular weight excluding hydrogens is 370 g/mol. The van der Waals surface area contributed by atoms with Crippen LogP contribution in [0.25, 0.3) is 27.9 Å². The average molecular weight is 391 g/mol. The molecule has 3 heterocycles. The summed E-state index contributed by atoms with van der Waals surface area (Å²) in [7, 11) is 1.34. The molecule has 0 unspecified atom stereocenters. The molecule has 0 aliphatic rings. The smallest absolute Gasteiger partial charge is 0.337 e. The van der Waals surface area contributed by atoms with Crippen molar-refractivity contribution < 1.29 is 18.8 Å². The van der Waals surface area contributed by atoms with E-state index >= 15 is 0 Å². The van der Waals surface area contributed by atoms with Crippen molar-refractivity contribution >= 4 is 22.5 Å². The molecule has 0 spiro atoms. The van der Waals surface area contributed by atoms with Crippen LogP contribution in [0.2, 0.25) is 0 Å². The van der Waals surface area contributed by atoms with Gasteiger partial charge in [-0.25, -0.2) is 9.78 Å². The van der Waals surface area contributed by atoms with Gasteiger partial charge in [-0.3, -0.25) is 0 Å². The Morgan fingerprint density at radius 1 is 1.17 bits per heavy atom. The number of esters is 1. The SMILES string of the molecule is COC(=O)c1ccc2oc(-c3cc4cccn4cn3)c/c(=N/OC(C)(C)C)c2c1. The first-order valence-corrected chi connectivity index (χ1v) is 9.15. The van der Waals surface area contributed by atoms with Gasteiger partial charge in [0, 0.05) is 23.2 Å². The van der Waals surface area contributed by atoms with E-state index < -0.39 is 11.6 Å². The molecule has 7 heteroatoms. The monoisotopic (exact) mass is 391 g/mol. The van der Waals surface area contributed by atoms with Gasteiger partial charge in [0.15, 0.2) is 5.76 Å². The summed E-state index contributed by atoms with van der Waals surface area (Å²) in [5.74, 6) is 0.113. The lowest BCUT2D eigenvalue weighted by atomic mass is 10.1. The topological polar surface area (TPSA) is 78.3 Å². The van der Waals surface area contributed by atoms with Gasteiger partial charge in [-0.05, 0) is 57.2 Å². The number of carbonyl (C=O) groups is 1. The molecule has 0 aliphatic heterocycles. The summed E-state index contributed by atoms with van der Waals surface area (Å²) >= 11 is 0. The van der Waals surface area contributed by atoms with Gasteiger partial charge >= 0.3 is 5.97 Å². The van der Waals surface area contributed by atoms with Crippen LogP contribution in [0, 0.1) is 0 Å². The highest BCUT2D eigenvalue weighted by Crippen LogP contribution is 2.23. The Morgan fingerprint density at radius 3 is 2.76 bits per heavy atom. The highest BCUT2D eigenvalue weighted by atomic mass is 16.6. The zero-order chi connectivity index (χ0) is 20.6. The van der Waals surface area contributed by atoms with E-state index in [0.29, 0.717) is 33.3 Å². The third kappa shape index (κ3) is 3.85. The molecule has 4 rings (SSSR count). The molecule has 0 saturated carbocycles. The van der Waals surface area contributed by atoms with Gasteiger partial charge in [-0.1, -0.05) is 5.16 Å². The van der Waals surface area contributed by atoms with E-state index in [1.165, 1.54) is 7.11 Å². The van der Waals surface area contributed by atoms with Crippen molar-refractivity contribution in [2.75, 3.05) is 7.11 Å². The zero-order valence-corrected chi connectivity index (χ0v) is 16.7. The molecular formula is C22H21N3O4. The second kappa shape index (κ2) is 7.09. The van der Waals surface area contributed by atoms with Crippen LogP contribution in [0.1, 0.15) is 31.1 Å². The molecule has 3 aromatic heterocycles. The molecule has 0 fully saturated rings. The van der Waals surface area contributed by atoms with E-state index in [-0.39, 0.29) is 0 Å². The number of benzene rings is 1. The summed E-state index contributed by atoms with van der Waals surface area (Å²) in [6.07, 6.45) is 3.66. The van der Waals surface area contributed by atoms with Gasteiger partial charge in [0.2, 0.25) is 0 Å². The Hall–Kier alpha value is -3.61. The van der Waals surface area contributed by atoms with Crippen LogP contribution in [-0.4, -0.2) is 28.1 Å². The number of methoxy groups -OCH3 is 1. The van der Waals surface area contributed by atoms with Gasteiger partial charge in [0.25, 0.3) is 0 Å². The van der Waals surface area contributed by atoms with Gasteiger partial charge in [0.1, 0.15) is 22.2 Å². The molecule has 0 atom stereocenters. The quantitative estimate of drug-likeness (QED) is 0.387. The van der Waals surface area contributed by atoms with Crippen molar-refractivity contribution in [1.29, 1.82) is 0 Å². The summed E-state index contributed by atoms with van der Waals surface area (Å²) in [4.78, 5) is 22.1. The van der Waals surface area contributed by atoms with Crippen molar-refractivity contribution in [2.24, 2.45) is 5.16 Å². The lowest BCUT2D eigenvalue weighted by Gasteiger charge is -2.15. The maximum atomic E-state index is 11.9. The Labute approximate surface area is 167 Å². The maximum absolute atomic E-state index is 11.9. The fraction of sp³-hybridized carbons (Fsp3) is 0.227. The van der Waals surface area contributed by atoms with Gasteiger partial charge in [-0.15, -0.1) is 0 Å². The van der Waals surface area contributed by atoms with Crippen LogP contribution < -0.4 is 5.36 Å². The molecule has 0 N–H and O–H groups in total.